The van der Waals surface area contributed by atoms with Gasteiger partial charge in [-0.25, -0.2) is 19.9 Å². The first-order valence-corrected chi connectivity index (χ1v) is 23.0. The molecule has 5 nitrogen and oxygen atoms in total. The summed E-state index contributed by atoms with van der Waals surface area (Å²) in [6.45, 7) is 0. The van der Waals surface area contributed by atoms with Gasteiger partial charge in [-0.2, -0.15) is 0 Å². The van der Waals surface area contributed by atoms with E-state index in [-0.39, 0.29) is 0 Å². The molecule has 0 aliphatic heterocycles. The average Bonchev–Trinajstić information content (AvgIpc) is 3.39. The summed E-state index contributed by atoms with van der Waals surface area (Å²) in [5.41, 5.74) is 10.0. The van der Waals surface area contributed by atoms with Crippen LogP contribution in [0, 0.1) is 0 Å². The van der Waals surface area contributed by atoms with Crippen molar-refractivity contribution in [3.8, 4) is 67.7 Å². The first kappa shape index (κ1) is 38.8. The second-order valence-electron chi connectivity index (χ2n) is 15.7. The zero-order valence-corrected chi connectivity index (χ0v) is 35.6. The van der Waals surface area contributed by atoms with Crippen LogP contribution >= 0.6 is 7.14 Å². The summed E-state index contributed by atoms with van der Waals surface area (Å²) < 4.78 is 15.1. The molecule has 0 amide bonds. The summed E-state index contributed by atoms with van der Waals surface area (Å²) in [5.74, 6) is 1.68. The van der Waals surface area contributed by atoms with E-state index in [1.807, 2.05) is 127 Å². The zero-order valence-electron chi connectivity index (χ0n) is 34.7. The Morgan fingerprint density at radius 3 is 1.38 bits per heavy atom. The molecule has 2 aromatic heterocycles. The Labute approximate surface area is 371 Å². The second kappa shape index (κ2) is 16.6. The van der Waals surface area contributed by atoms with Gasteiger partial charge in [-0.15, -0.1) is 0 Å². The van der Waals surface area contributed by atoms with Gasteiger partial charge in [-0.3, -0.25) is 0 Å². The van der Waals surface area contributed by atoms with Gasteiger partial charge in [0, 0.05) is 54.3 Å². The summed E-state index contributed by atoms with van der Waals surface area (Å²) >= 11 is 0. The summed E-state index contributed by atoms with van der Waals surface area (Å²) in [6.07, 6.45) is 0. The SMILES string of the molecule is O=P(c1ccccc1)(c1ccccc1)c1ccc(-c2nc(-c3ccccc3)nc(-c3cccc(-c4ccc(-c5cccc6c(-c7ccccc7)nc7ccccc7c56)cc4)c3)n2)cc1. The molecule has 0 saturated heterocycles. The van der Waals surface area contributed by atoms with Crippen LogP contribution in [0.1, 0.15) is 0 Å². The number of benzene rings is 9. The van der Waals surface area contributed by atoms with E-state index in [4.69, 9.17) is 19.9 Å². The molecule has 9 aromatic carbocycles. The lowest BCUT2D eigenvalue weighted by atomic mass is 9.92. The highest BCUT2D eigenvalue weighted by Crippen LogP contribution is 2.43. The molecular formula is C58H39N4OP. The monoisotopic (exact) mass is 838 g/mol. The molecule has 0 aliphatic rings. The zero-order chi connectivity index (χ0) is 42.9. The molecule has 6 heteroatoms. The molecule has 0 fully saturated rings. The van der Waals surface area contributed by atoms with E-state index in [1.54, 1.807) is 0 Å². The van der Waals surface area contributed by atoms with Crippen LogP contribution in [0.5, 0.6) is 0 Å². The van der Waals surface area contributed by atoms with Crippen molar-refractivity contribution in [3.05, 3.63) is 237 Å². The van der Waals surface area contributed by atoms with Crippen LogP contribution in [0.3, 0.4) is 0 Å². The van der Waals surface area contributed by atoms with E-state index in [0.717, 1.165) is 82.4 Å². The van der Waals surface area contributed by atoms with E-state index in [9.17, 15) is 0 Å². The van der Waals surface area contributed by atoms with E-state index < -0.39 is 7.14 Å². The van der Waals surface area contributed by atoms with Crippen molar-refractivity contribution in [2.75, 3.05) is 0 Å². The van der Waals surface area contributed by atoms with Gasteiger partial charge in [0.05, 0.1) is 11.2 Å². The van der Waals surface area contributed by atoms with Gasteiger partial charge in [0.25, 0.3) is 0 Å². The van der Waals surface area contributed by atoms with Crippen LogP contribution in [-0.2, 0) is 4.57 Å². The molecule has 0 atom stereocenters. The fourth-order valence-electron chi connectivity index (χ4n) is 8.63. The van der Waals surface area contributed by atoms with Gasteiger partial charge >= 0.3 is 0 Å². The van der Waals surface area contributed by atoms with Crippen molar-refractivity contribution >= 4 is 44.7 Å². The first-order chi connectivity index (χ1) is 31.6. The van der Waals surface area contributed by atoms with Crippen LogP contribution in [0.15, 0.2) is 237 Å². The number of rotatable bonds is 9. The van der Waals surface area contributed by atoms with Crippen molar-refractivity contribution < 1.29 is 4.57 Å². The number of pyridine rings is 1. The minimum atomic E-state index is -3.15. The molecule has 2 heterocycles. The molecule has 11 aromatic rings. The lowest BCUT2D eigenvalue weighted by Gasteiger charge is -2.20. The molecule has 0 bridgehead atoms. The summed E-state index contributed by atoms with van der Waals surface area (Å²) in [7, 11) is -3.15. The van der Waals surface area contributed by atoms with Crippen molar-refractivity contribution in [1.82, 2.24) is 19.9 Å². The maximum absolute atomic E-state index is 15.1. The number of fused-ring (bicyclic) bond motifs is 3. The molecule has 0 unspecified atom stereocenters. The quantitative estimate of drug-likeness (QED) is 0.107. The fraction of sp³-hybridized carbons (Fsp3) is 0. The minimum absolute atomic E-state index is 0.535. The Morgan fingerprint density at radius 1 is 0.297 bits per heavy atom. The average molecular weight is 839 g/mol. The highest BCUT2D eigenvalue weighted by molar-refractivity contribution is 7.85. The third kappa shape index (κ3) is 7.18. The third-order valence-electron chi connectivity index (χ3n) is 11.8. The maximum Gasteiger partial charge on any atom is 0.171 e. The summed E-state index contributed by atoms with van der Waals surface area (Å²) in [5, 5.41) is 5.77. The van der Waals surface area contributed by atoms with Gasteiger partial charge in [0.15, 0.2) is 24.6 Å². The first-order valence-electron chi connectivity index (χ1n) is 21.3. The predicted molar refractivity (Wildman–Crippen MR) is 265 cm³/mol. The molecule has 11 rings (SSSR count). The lowest BCUT2D eigenvalue weighted by Crippen LogP contribution is -2.24. The molecule has 0 spiro atoms. The van der Waals surface area contributed by atoms with E-state index >= 15 is 4.57 Å². The highest BCUT2D eigenvalue weighted by atomic mass is 31.2. The number of para-hydroxylation sites is 1. The predicted octanol–water partition coefficient (Wildman–Crippen LogP) is 13.2. The third-order valence-corrected chi connectivity index (χ3v) is 14.9. The Hall–Kier alpha value is -8.11. The standard InChI is InChI=1S/C58H39N4OP/c63-64(47-23-9-3-10-24-47,48-25-11-4-12-26-48)49-37-35-44(36-38-49)57-60-56(43-19-7-2-8-20-43)61-58(62-57)46-22-15-21-45(39-46)40-31-33-41(34-32-40)50-28-16-29-52-54(50)51-27-13-14-30-53(51)59-55(52)42-17-5-1-6-18-42/h1-39H. The van der Waals surface area contributed by atoms with E-state index in [1.165, 1.54) is 5.39 Å². The van der Waals surface area contributed by atoms with Crippen molar-refractivity contribution in [2.24, 2.45) is 0 Å². The summed E-state index contributed by atoms with van der Waals surface area (Å²) in [4.78, 5) is 20.3. The number of hydrogen-bond donors (Lipinski definition) is 0. The van der Waals surface area contributed by atoms with Crippen LogP contribution in [0.4, 0.5) is 0 Å². The number of hydrogen-bond acceptors (Lipinski definition) is 5. The van der Waals surface area contributed by atoms with Gasteiger partial charge in [-0.05, 0) is 34.4 Å². The second-order valence-corrected chi connectivity index (χ2v) is 18.5. The Bertz CT molecular complexity index is 3450. The molecule has 0 N–H and O–H groups in total. The van der Waals surface area contributed by atoms with E-state index in [0.29, 0.717) is 17.5 Å². The van der Waals surface area contributed by atoms with Gasteiger partial charge in [0.1, 0.15) is 0 Å². The Morgan fingerprint density at radius 2 is 0.734 bits per heavy atom. The molecule has 64 heavy (non-hydrogen) atoms. The molecular weight excluding hydrogens is 800 g/mol. The molecule has 0 aliphatic carbocycles. The van der Waals surface area contributed by atoms with Crippen molar-refractivity contribution in [1.29, 1.82) is 0 Å². The van der Waals surface area contributed by atoms with Crippen molar-refractivity contribution in [3.63, 3.8) is 0 Å². The van der Waals surface area contributed by atoms with Crippen LogP contribution in [-0.4, -0.2) is 19.9 Å². The highest BCUT2D eigenvalue weighted by Gasteiger charge is 2.29. The van der Waals surface area contributed by atoms with Gasteiger partial charge in [0.2, 0.25) is 0 Å². The maximum atomic E-state index is 15.1. The fourth-order valence-corrected chi connectivity index (χ4v) is 11.3. The van der Waals surface area contributed by atoms with Gasteiger partial charge in [-0.1, -0.05) is 224 Å². The molecule has 302 valence electrons. The van der Waals surface area contributed by atoms with E-state index in [2.05, 4.69) is 109 Å². The topological polar surface area (TPSA) is 68.6 Å². The normalized spacial score (nSPS) is 11.5. The van der Waals surface area contributed by atoms with Crippen LogP contribution in [0.25, 0.3) is 89.4 Å². The van der Waals surface area contributed by atoms with Gasteiger partial charge < -0.3 is 4.57 Å². The van der Waals surface area contributed by atoms with Crippen molar-refractivity contribution in [2.45, 2.75) is 0 Å². The number of nitrogens with zero attached hydrogens (tertiary/aromatic N) is 4. The molecule has 0 saturated carbocycles. The Balaban J connectivity index is 0.963. The van der Waals surface area contributed by atoms with Crippen LogP contribution in [0.2, 0.25) is 0 Å². The van der Waals surface area contributed by atoms with Crippen LogP contribution < -0.4 is 15.9 Å². The Kier molecular flexibility index (Phi) is 10.1. The summed E-state index contributed by atoms with van der Waals surface area (Å²) in [6, 6.07) is 79.8. The number of aromatic nitrogens is 4. The molecule has 0 radical (unpaired) electrons. The largest absolute Gasteiger partial charge is 0.309 e. The smallest absolute Gasteiger partial charge is 0.171 e. The minimum Gasteiger partial charge on any atom is -0.309 e. The lowest BCUT2D eigenvalue weighted by molar-refractivity contribution is 0.592.